The van der Waals surface area contributed by atoms with Crippen molar-refractivity contribution < 1.29 is 14.7 Å². The van der Waals surface area contributed by atoms with Gasteiger partial charge >= 0.3 is 0 Å². The van der Waals surface area contributed by atoms with Crippen LogP contribution in [0, 0.1) is 0 Å². The maximum absolute atomic E-state index is 12.1. The topological polar surface area (TPSA) is 137 Å². The highest BCUT2D eigenvalue weighted by molar-refractivity contribution is 6.01. The summed E-state index contributed by atoms with van der Waals surface area (Å²) in [5, 5.41) is 24.1. The van der Waals surface area contributed by atoms with Crippen molar-refractivity contribution in [1.82, 2.24) is 20.4 Å². The first-order valence-corrected chi connectivity index (χ1v) is 12.0. The SMILES string of the molecule is Nc1nnc(-c2ccccc2O)cc1N1CCN(Cc2cccc(NC3CCC(=O)NC3=O)c2)CC1. The molecule has 186 valence electrons. The standard InChI is InChI=1S/C26H29N7O3/c27-25-22(15-21(30-31-25)19-6-1-2-7-23(19)34)33-12-10-32(11-13-33)16-17-4-3-5-18(14-17)28-20-8-9-24(35)29-26(20)36/h1-7,14-15,20,28,34H,8-13,16H2,(H2,27,31)(H,29,35,36). The number of phenols is 1. The quantitative estimate of drug-likeness (QED) is 0.385. The molecule has 5 N–H and O–H groups in total. The molecule has 0 aliphatic carbocycles. The number of phenolic OH excluding ortho intramolecular Hbond substituents is 1. The van der Waals surface area contributed by atoms with Crippen LogP contribution in [0.3, 0.4) is 0 Å². The Kier molecular flexibility index (Phi) is 6.68. The van der Waals surface area contributed by atoms with Gasteiger partial charge in [-0.05, 0) is 42.3 Å². The number of hydrogen-bond acceptors (Lipinski definition) is 9. The van der Waals surface area contributed by atoms with Crippen molar-refractivity contribution in [1.29, 1.82) is 0 Å². The van der Waals surface area contributed by atoms with E-state index in [9.17, 15) is 14.7 Å². The monoisotopic (exact) mass is 487 g/mol. The number of piperidine rings is 1. The lowest BCUT2D eigenvalue weighted by Gasteiger charge is -2.36. The Labute approximate surface area is 209 Å². The predicted molar refractivity (Wildman–Crippen MR) is 137 cm³/mol. The second-order valence-electron chi connectivity index (χ2n) is 9.13. The lowest BCUT2D eigenvalue weighted by molar-refractivity contribution is -0.133. The number of piperazine rings is 1. The second kappa shape index (κ2) is 10.2. The van der Waals surface area contributed by atoms with Crippen molar-refractivity contribution in [2.45, 2.75) is 25.4 Å². The molecule has 10 nitrogen and oxygen atoms in total. The molecule has 2 aliphatic heterocycles. The first kappa shape index (κ1) is 23.6. The van der Waals surface area contributed by atoms with E-state index >= 15 is 0 Å². The van der Waals surface area contributed by atoms with Gasteiger partial charge in [-0.3, -0.25) is 19.8 Å². The number of aromatic hydroxyl groups is 1. The summed E-state index contributed by atoms with van der Waals surface area (Å²) in [6.45, 7) is 4.04. The van der Waals surface area contributed by atoms with Crippen molar-refractivity contribution in [3.8, 4) is 17.0 Å². The Morgan fingerprint density at radius 1 is 1.03 bits per heavy atom. The summed E-state index contributed by atoms with van der Waals surface area (Å²) in [6, 6.07) is 16.6. The number of nitrogen functional groups attached to an aromatic ring is 1. The molecule has 1 atom stereocenters. The third kappa shape index (κ3) is 5.23. The van der Waals surface area contributed by atoms with Gasteiger partial charge in [-0.25, -0.2) is 0 Å². The molecule has 3 aromatic rings. The third-order valence-electron chi connectivity index (χ3n) is 6.61. The van der Waals surface area contributed by atoms with Crippen LogP contribution in [0.5, 0.6) is 5.75 Å². The van der Waals surface area contributed by atoms with Gasteiger partial charge in [0.2, 0.25) is 11.8 Å². The third-order valence-corrected chi connectivity index (χ3v) is 6.61. The summed E-state index contributed by atoms with van der Waals surface area (Å²) < 4.78 is 0. The smallest absolute Gasteiger partial charge is 0.249 e. The number of carbonyl (C=O) groups excluding carboxylic acids is 2. The Morgan fingerprint density at radius 2 is 1.83 bits per heavy atom. The number of imide groups is 1. The number of nitrogens with one attached hydrogen (secondary N) is 2. The molecule has 36 heavy (non-hydrogen) atoms. The Morgan fingerprint density at radius 3 is 2.61 bits per heavy atom. The van der Waals surface area contributed by atoms with Gasteiger partial charge in [0.25, 0.3) is 0 Å². The zero-order valence-corrected chi connectivity index (χ0v) is 19.9. The predicted octanol–water partition coefficient (Wildman–Crippen LogP) is 1.97. The van der Waals surface area contributed by atoms with Crippen LogP contribution in [-0.4, -0.2) is 64.2 Å². The molecule has 2 aliphatic rings. The van der Waals surface area contributed by atoms with E-state index in [1.54, 1.807) is 18.2 Å². The highest BCUT2D eigenvalue weighted by Crippen LogP contribution is 2.31. The van der Waals surface area contributed by atoms with E-state index < -0.39 is 6.04 Å². The van der Waals surface area contributed by atoms with Gasteiger partial charge in [0, 0.05) is 50.4 Å². The molecule has 1 unspecified atom stereocenters. The first-order valence-electron chi connectivity index (χ1n) is 12.0. The zero-order chi connectivity index (χ0) is 25.1. The normalized spacial score (nSPS) is 18.7. The summed E-state index contributed by atoms with van der Waals surface area (Å²) in [7, 11) is 0. The molecule has 3 heterocycles. The van der Waals surface area contributed by atoms with E-state index in [2.05, 4.69) is 42.8 Å². The van der Waals surface area contributed by atoms with Crippen LogP contribution >= 0.6 is 0 Å². The molecule has 0 spiro atoms. The minimum Gasteiger partial charge on any atom is -0.507 e. The zero-order valence-electron chi connectivity index (χ0n) is 19.9. The number of aromatic nitrogens is 2. The molecule has 1 aromatic heterocycles. The fourth-order valence-corrected chi connectivity index (χ4v) is 4.66. The van der Waals surface area contributed by atoms with Gasteiger partial charge in [0.05, 0.1) is 11.4 Å². The van der Waals surface area contributed by atoms with E-state index in [0.29, 0.717) is 29.9 Å². The Bertz CT molecular complexity index is 1270. The molecular formula is C26H29N7O3. The summed E-state index contributed by atoms with van der Waals surface area (Å²) in [5.41, 5.74) is 10.2. The number of nitrogens with zero attached hydrogens (tertiary/aromatic N) is 4. The summed E-state index contributed by atoms with van der Waals surface area (Å²) in [6.07, 6.45) is 0.842. The molecule has 0 bridgehead atoms. The lowest BCUT2D eigenvalue weighted by atomic mass is 10.1. The first-order chi connectivity index (χ1) is 17.5. The van der Waals surface area contributed by atoms with Crippen LogP contribution in [0.2, 0.25) is 0 Å². The summed E-state index contributed by atoms with van der Waals surface area (Å²) in [4.78, 5) is 28.0. The number of nitrogens with two attached hydrogens (primary N) is 1. The van der Waals surface area contributed by atoms with E-state index in [0.717, 1.165) is 49.7 Å². The van der Waals surface area contributed by atoms with Crippen LogP contribution in [0.4, 0.5) is 17.2 Å². The van der Waals surface area contributed by atoms with E-state index in [4.69, 9.17) is 5.73 Å². The number of benzene rings is 2. The maximum Gasteiger partial charge on any atom is 0.249 e. The second-order valence-corrected chi connectivity index (χ2v) is 9.13. The molecule has 0 radical (unpaired) electrons. The molecule has 5 rings (SSSR count). The number of amides is 2. The van der Waals surface area contributed by atoms with Crippen LogP contribution in [-0.2, 0) is 16.1 Å². The van der Waals surface area contributed by atoms with Crippen LogP contribution in [0.1, 0.15) is 18.4 Å². The van der Waals surface area contributed by atoms with Crippen LogP contribution in [0.15, 0.2) is 54.6 Å². The van der Waals surface area contributed by atoms with Gasteiger partial charge in [-0.2, -0.15) is 0 Å². The molecule has 2 saturated heterocycles. The maximum atomic E-state index is 12.1. The molecule has 2 aromatic carbocycles. The fraction of sp³-hybridized carbons (Fsp3) is 0.308. The van der Waals surface area contributed by atoms with Crippen molar-refractivity contribution >= 4 is 29.0 Å². The average Bonchev–Trinajstić information content (AvgIpc) is 2.87. The molecule has 2 fully saturated rings. The lowest BCUT2D eigenvalue weighted by Crippen LogP contribution is -2.47. The molecular weight excluding hydrogens is 458 g/mol. The fourth-order valence-electron chi connectivity index (χ4n) is 4.66. The number of carbonyl (C=O) groups is 2. The van der Waals surface area contributed by atoms with Crippen molar-refractivity contribution in [3.05, 3.63) is 60.2 Å². The highest BCUT2D eigenvalue weighted by Gasteiger charge is 2.26. The minimum absolute atomic E-state index is 0.154. The Hall–Kier alpha value is -4.18. The molecule has 2 amide bonds. The largest absolute Gasteiger partial charge is 0.507 e. The number of rotatable bonds is 6. The summed E-state index contributed by atoms with van der Waals surface area (Å²) in [5.74, 6) is 0.0319. The van der Waals surface area contributed by atoms with Crippen LogP contribution in [0.25, 0.3) is 11.3 Å². The van der Waals surface area contributed by atoms with Crippen molar-refractivity contribution in [2.24, 2.45) is 0 Å². The van der Waals surface area contributed by atoms with Gasteiger partial charge in [0.1, 0.15) is 11.8 Å². The van der Waals surface area contributed by atoms with E-state index in [1.165, 1.54) is 0 Å². The Balaban J connectivity index is 1.20. The van der Waals surface area contributed by atoms with E-state index in [-0.39, 0.29) is 17.6 Å². The van der Waals surface area contributed by atoms with Gasteiger partial charge in [-0.1, -0.05) is 24.3 Å². The highest BCUT2D eigenvalue weighted by atomic mass is 16.3. The van der Waals surface area contributed by atoms with Crippen LogP contribution < -0.4 is 21.3 Å². The number of anilines is 3. The van der Waals surface area contributed by atoms with Crippen molar-refractivity contribution in [2.75, 3.05) is 42.1 Å². The van der Waals surface area contributed by atoms with E-state index in [1.807, 2.05) is 24.3 Å². The van der Waals surface area contributed by atoms with Gasteiger partial charge < -0.3 is 21.1 Å². The van der Waals surface area contributed by atoms with Gasteiger partial charge in [0.15, 0.2) is 5.82 Å². The van der Waals surface area contributed by atoms with Crippen molar-refractivity contribution in [3.63, 3.8) is 0 Å². The average molecular weight is 488 g/mol. The summed E-state index contributed by atoms with van der Waals surface area (Å²) >= 11 is 0. The number of para-hydroxylation sites is 1. The minimum atomic E-state index is -0.399. The number of hydrogen-bond donors (Lipinski definition) is 4. The molecule has 0 saturated carbocycles. The van der Waals surface area contributed by atoms with Gasteiger partial charge in [-0.15, -0.1) is 10.2 Å². The molecule has 10 heteroatoms.